The molecule has 0 radical (unpaired) electrons. The lowest BCUT2D eigenvalue weighted by molar-refractivity contribution is -0.129. The van der Waals surface area contributed by atoms with Crippen LogP contribution in [0.2, 0.25) is 0 Å². The lowest BCUT2D eigenvalue weighted by Crippen LogP contribution is -2.32. The van der Waals surface area contributed by atoms with Gasteiger partial charge in [0.2, 0.25) is 5.78 Å². The molecule has 0 bridgehead atoms. The van der Waals surface area contributed by atoms with E-state index in [9.17, 15) is 19.8 Å². The van der Waals surface area contributed by atoms with E-state index >= 15 is 0 Å². The summed E-state index contributed by atoms with van der Waals surface area (Å²) >= 11 is 1.25. The summed E-state index contributed by atoms with van der Waals surface area (Å²) in [6, 6.07) is 7.39. The number of ether oxygens (including phenoxy) is 1. The number of rotatable bonds is 7. The second kappa shape index (κ2) is 7.84. The van der Waals surface area contributed by atoms with Crippen molar-refractivity contribution in [2.75, 3.05) is 13.7 Å². The molecule has 142 valence electrons. The van der Waals surface area contributed by atoms with Crippen LogP contribution < -0.4 is 4.74 Å². The van der Waals surface area contributed by atoms with Gasteiger partial charge in [0.05, 0.1) is 23.6 Å². The van der Waals surface area contributed by atoms with Crippen LogP contribution in [-0.4, -0.2) is 40.5 Å². The Morgan fingerprint density at radius 1 is 1.30 bits per heavy atom. The number of aliphatic hydroxyl groups is 1. The molecule has 0 fully saturated rings. The topological polar surface area (TPSA) is 87.1 Å². The number of carbonyl (C=O) groups excluding carboxylic acids is 2. The summed E-state index contributed by atoms with van der Waals surface area (Å²) in [6.07, 6.45) is 1.59. The van der Waals surface area contributed by atoms with E-state index in [1.165, 1.54) is 29.4 Å². The molecule has 1 unspecified atom stereocenters. The number of aromatic hydroxyl groups is 1. The fourth-order valence-electron chi connectivity index (χ4n) is 3.21. The third kappa shape index (κ3) is 3.42. The highest BCUT2D eigenvalue weighted by Crippen LogP contribution is 2.41. The molecule has 1 aromatic heterocycles. The van der Waals surface area contributed by atoms with E-state index in [2.05, 4.69) is 0 Å². The molecule has 2 aromatic rings. The molecule has 2 N–H and O–H groups in total. The first-order valence-electron chi connectivity index (χ1n) is 8.68. The van der Waals surface area contributed by atoms with E-state index < -0.39 is 17.7 Å². The van der Waals surface area contributed by atoms with E-state index in [1.54, 1.807) is 29.6 Å². The predicted molar refractivity (Wildman–Crippen MR) is 102 cm³/mol. The van der Waals surface area contributed by atoms with Crippen LogP contribution in [0.15, 0.2) is 47.0 Å². The standard InChI is InChI=1S/C20H21NO5S/c1-3-4-9-21-17(12-7-8-14(26-2)13(22)11-12)16(19(24)20(21)25)18(23)15-6-5-10-27-15/h5-8,10-11,17,22,24H,3-4,9H2,1-2H3. The minimum Gasteiger partial charge on any atom is -0.504 e. The van der Waals surface area contributed by atoms with Gasteiger partial charge >= 0.3 is 0 Å². The Kier molecular flexibility index (Phi) is 5.51. The van der Waals surface area contributed by atoms with E-state index in [0.29, 0.717) is 22.7 Å². The molecule has 3 rings (SSSR count). The maximum Gasteiger partial charge on any atom is 0.290 e. The Morgan fingerprint density at radius 2 is 2.07 bits per heavy atom. The van der Waals surface area contributed by atoms with E-state index in [1.807, 2.05) is 6.92 Å². The van der Waals surface area contributed by atoms with Gasteiger partial charge in [-0.2, -0.15) is 0 Å². The fourth-order valence-corrected chi connectivity index (χ4v) is 3.89. The number of hydrogen-bond acceptors (Lipinski definition) is 6. The third-order valence-electron chi connectivity index (χ3n) is 4.56. The number of hydrogen-bond donors (Lipinski definition) is 2. The maximum atomic E-state index is 13.0. The largest absolute Gasteiger partial charge is 0.504 e. The number of thiophene rings is 1. The number of unbranched alkanes of at least 4 members (excludes halogenated alkanes) is 1. The molecule has 0 saturated heterocycles. The molecule has 0 saturated carbocycles. The number of aliphatic hydroxyl groups excluding tert-OH is 1. The fraction of sp³-hybridized carbons (Fsp3) is 0.300. The number of phenols is 1. The minimum atomic E-state index is -0.754. The van der Waals surface area contributed by atoms with Crippen LogP contribution in [0.1, 0.15) is 41.0 Å². The predicted octanol–water partition coefficient (Wildman–Crippen LogP) is 3.84. The summed E-state index contributed by atoms with van der Waals surface area (Å²) in [5.74, 6) is -1.27. The summed E-state index contributed by atoms with van der Waals surface area (Å²) in [5.41, 5.74) is 0.588. The molecule has 1 aliphatic heterocycles. The van der Waals surface area contributed by atoms with Crippen LogP contribution in [0.25, 0.3) is 0 Å². The van der Waals surface area contributed by atoms with Crippen molar-refractivity contribution in [3.63, 3.8) is 0 Å². The highest BCUT2D eigenvalue weighted by Gasteiger charge is 2.43. The van der Waals surface area contributed by atoms with Gasteiger partial charge in [0.15, 0.2) is 17.3 Å². The molecule has 27 heavy (non-hydrogen) atoms. The van der Waals surface area contributed by atoms with Gasteiger partial charge in [0.25, 0.3) is 5.91 Å². The number of methoxy groups -OCH3 is 1. The number of phenolic OH excluding ortho intramolecular Hbond substituents is 1. The Balaban J connectivity index is 2.09. The molecular formula is C20H21NO5S. The zero-order chi connectivity index (χ0) is 19.6. The maximum absolute atomic E-state index is 13.0. The van der Waals surface area contributed by atoms with Crippen LogP contribution in [0.4, 0.5) is 0 Å². The van der Waals surface area contributed by atoms with Gasteiger partial charge in [-0.05, 0) is 35.6 Å². The molecule has 1 aromatic carbocycles. The molecule has 1 aliphatic rings. The van der Waals surface area contributed by atoms with Crippen LogP contribution in [0.3, 0.4) is 0 Å². The van der Waals surface area contributed by atoms with Gasteiger partial charge in [-0.1, -0.05) is 25.5 Å². The van der Waals surface area contributed by atoms with Gasteiger partial charge in [-0.3, -0.25) is 9.59 Å². The third-order valence-corrected chi connectivity index (χ3v) is 5.43. The smallest absolute Gasteiger partial charge is 0.290 e. The molecule has 0 spiro atoms. The quantitative estimate of drug-likeness (QED) is 0.705. The number of ketones is 1. The molecule has 1 atom stereocenters. The van der Waals surface area contributed by atoms with E-state index in [0.717, 1.165) is 12.8 Å². The Bertz CT molecular complexity index is 888. The number of benzene rings is 1. The normalized spacial score (nSPS) is 16.9. The van der Waals surface area contributed by atoms with E-state index in [4.69, 9.17) is 4.74 Å². The summed E-state index contributed by atoms with van der Waals surface area (Å²) in [4.78, 5) is 27.6. The number of Topliss-reactive ketones (excluding diaryl/α,β-unsaturated/α-hetero) is 1. The van der Waals surface area contributed by atoms with Crippen molar-refractivity contribution < 1.29 is 24.5 Å². The zero-order valence-corrected chi connectivity index (χ0v) is 16.0. The monoisotopic (exact) mass is 387 g/mol. The summed E-state index contributed by atoms with van der Waals surface area (Å²) in [5, 5.41) is 22.4. The lowest BCUT2D eigenvalue weighted by atomic mass is 9.95. The Morgan fingerprint density at radius 3 is 2.67 bits per heavy atom. The molecule has 0 aliphatic carbocycles. The first-order chi connectivity index (χ1) is 13.0. The van der Waals surface area contributed by atoms with Crippen LogP contribution >= 0.6 is 11.3 Å². The molecular weight excluding hydrogens is 366 g/mol. The van der Waals surface area contributed by atoms with Gasteiger partial charge in [-0.25, -0.2) is 0 Å². The second-order valence-electron chi connectivity index (χ2n) is 6.25. The minimum absolute atomic E-state index is 0.0446. The van der Waals surface area contributed by atoms with Crippen molar-refractivity contribution in [3.05, 3.63) is 57.5 Å². The van der Waals surface area contributed by atoms with Crippen molar-refractivity contribution >= 4 is 23.0 Å². The highest BCUT2D eigenvalue weighted by molar-refractivity contribution is 7.12. The van der Waals surface area contributed by atoms with Crippen LogP contribution in [-0.2, 0) is 4.79 Å². The zero-order valence-electron chi connectivity index (χ0n) is 15.1. The van der Waals surface area contributed by atoms with Crippen LogP contribution in [0.5, 0.6) is 11.5 Å². The average Bonchev–Trinajstić information content (AvgIpc) is 3.28. The van der Waals surface area contributed by atoms with E-state index in [-0.39, 0.29) is 17.1 Å². The van der Waals surface area contributed by atoms with Gasteiger partial charge in [0.1, 0.15) is 0 Å². The van der Waals surface area contributed by atoms with Crippen molar-refractivity contribution in [2.24, 2.45) is 0 Å². The van der Waals surface area contributed by atoms with Crippen molar-refractivity contribution in [1.29, 1.82) is 0 Å². The van der Waals surface area contributed by atoms with Gasteiger partial charge < -0.3 is 19.8 Å². The Labute approximate surface area is 161 Å². The summed E-state index contributed by atoms with van der Waals surface area (Å²) < 4.78 is 5.07. The lowest BCUT2D eigenvalue weighted by Gasteiger charge is -2.27. The van der Waals surface area contributed by atoms with Crippen LogP contribution in [0, 0.1) is 0 Å². The first-order valence-corrected chi connectivity index (χ1v) is 9.56. The van der Waals surface area contributed by atoms with Crippen molar-refractivity contribution in [2.45, 2.75) is 25.8 Å². The SMILES string of the molecule is CCCCN1C(=O)C(O)=C(C(=O)c2cccs2)C1c1ccc(OC)c(O)c1. The van der Waals surface area contributed by atoms with Crippen molar-refractivity contribution in [1.82, 2.24) is 4.90 Å². The number of carbonyl (C=O) groups is 2. The van der Waals surface area contributed by atoms with Crippen molar-refractivity contribution in [3.8, 4) is 11.5 Å². The second-order valence-corrected chi connectivity index (χ2v) is 7.20. The molecule has 6 nitrogen and oxygen atoms in total. The first kappa shape index (κ1) is 19.0. The summed E-state index contributed by atoms with van der Waals surface area (Å²) in [7, 11) is 1.44. The average molecular weight is 387 g/mol. The molecule has 2 heterocycles. The van der Waals surface area contributed by atoms with Gasteiger partial charge in [0, 0.05) is 6.54 Å². The molecule has 7 heteroatoms. The highest BCUT2D eigenvalue weighted by atomic mass is 32.1. The number of nitrogens with zero attached hydrogens (tertiary/aromatic N) is 1. The Hall–Kier alpha value is -2.80. The summed E-state index contributed by atoms with van der Waals surface area (Å²) in [6.45, 7) is 2.40. The molecule has 1 amide bonds. The van der Waals surface area contributed by atoms with Gasteiger partial charge in [-0.15, -0.1) is 11.3 Å². The number of amides is 1.